The van der Waals surface area contributed by atoms with Crippen molar-refractivity contribution in [3.8, 4) is 5.75 Å². The summed E-state index contributed by atoms with van der Waals surface area (Å²) in [6, 6.07) is 6.02. The Morgan fingerprint density at radius 3 is 2.10 bits per heavy atom. The van der Waals surface area contributed by atoms with Crippen molar-refractivity contribution in [3.05, 3.63) is 29.8 Å². The Labute approximate surface area is 116 Å². The minimum atomic E-state index is -2.87. The first-order valence-electron chi connectivity index (χ1n) is 6.83. The Morgan fingerprint density at radius 1 is 1.10 bits per heavy atom. The number of hydrogen-bond donors (Lipinski definition) is 1. The molecule has 0 spiro atoms. The molecule has 3 nitrogen and oxygen atoms in total. The van der Waals surface area contributed by atoms with E-state index in [-0.39, 0.29) is 5.75 Å². The predicted molar refractivity (Wildman–Crippen MR) is 70.1 cm³/mol. The van der Waals surface area contributed by atoms with Gasteiger partial charge in [0.15, 0.2) is 0 Å². The number of rotatable bonds is 4. The third-order valence-electron chi connectivity index (χ3n) is 4.00. The van der Waals surface area contributed by atoms with Crippen LogP contribution in [0.4, 0.5) is 8.78 Å². The van der Waals surface area contributed by atoms with E-state index in [4.69, 9.17) is 0 Å². The van der Waals surface area contributed by atoms with Gasteiger partial charge in [0.05, 0.1) is 5.41 Å². The number of carbonyl (C=O) groups is 1. The highest BCUT2D eigenvalue weighted by Crippen LogP contribution is 2.39. The smallest absolute Gasteiger partial charge is 0.387 e. The maximum Gasteiger partial charge on any atom is 0.387 e. The fourth-order valence-corrected chi connectivity index (χ4v) is 2.91. The number of alkyl halides is 2. The SMILES string of the molecule is O=C(O)C1(c2ccc(OC(F)F)cc2)CCCCCC1. The molecule has 0 unspecified atom stereocenters. The molecule has 1 aromatic carbocycles. The van der Waals surface area contributed by atoms with Crippen LogP contribution in [0.25, 0.3) is 0 Å². The Bertz CT molecular complexity index is 449. The number of halogens is 2. The monoisotopic (exact) mass is 284 g/mol. The molecule has 5 heteroatoms. The zero-order chi connectivity index (χ0) is 14.6. The van der Waals surface area contributed by atoms with Crippen LogP contribution in [0.15, 0.2) is 24.3 Å². The number of benzene rings is 1. The summed E-state index contributed by atoms with van der Waals surface area (Å²) in [4.78, 5) is 11.7. The van der Waals surface area contributed by atoms with Gasteiger partial charge in [0, 0.05) is 0 Å². The molecule has 0 aliphatic heterocycles. The first kappa shape index (κ1) is 14.8. The molecular weight excluding hydrogens is 266 g/mol. The first-order valence-corrected chi connectivity index (χ1v) is 6.83. The number of carboxylic acids is 1. The van der Waals surface area contributed by atoms with Crippen molar-refractivity contribution in [1.82, 2.24) is 0 Å². The van der Waals surface area contributed by atoms with Gasteiger partial charge in [0.2, 0.25) is 0 Å². The molecule has 1 N–H and O–H groups in total. The topological polar surface area (TPSA) is 46.5 Å². The van der Waals surface area contributed by atoms with E-state index in [1.54, 1.807) is 12.1 Å². The van der Waals surface area contributed by atoms with E-state index in [9.17, 15) is 18.7 Å². The summed E-state index contributed by atoms with van der Waals surface area (Å²) in [5, 5.41) is 9.63. The van der Waals surface area contributed by atoms with E-state index in [0.29, 0.717) is 18.4 Å². The second kappa shape index (κ2) is 6.20. The van der Waals surface area contributed by atoms with Crippen molar-refractivity contribution in [1.29, 1.82) is 0 Å². The van der Waals surface area contributed by atoms with Gasteiger partial charge in [-0.05, 0) is 30.5 Å². The van der Waals surface area contributed by atoms with Crippen molar-refractivity contribution in [2.24, 2.45) is 0 Å². The summed E-state index contributed by atoms with van der Waals surface area (Å²) in [6.07, 6.45) is 5.03. The van der Waals surface area contributed by atoms with E-state index >= 15 is 0 Å². The van der Waals surface area contributed by atoms with Gasteiger partial charge in [0.25, 0.3) is 0 Å². The summed E-state index contributed by atoms with van der Waals surface area (Å²) >= 11 is 0. The second-order valence-corrected chi connectivity index (χ2v) is 5.20. The Balaban J connectivity index is 2.27. The maximum absolute atomic E-state index is 12.1. The number of ether oxygens (including phenoxy) is 1. The minimum absolute atomic E-state index is 0.0536. The molecule has 0 aromatic heterocycles. The van der Waals surface area contributed by atoms with Gasteiger partial charge in [-0.1, -0.05) is 37.8 Å². The van der Waals surface area contributed by atoms with Crippen LogP contribution in [0.5, 0.6) is 5.75 Å². The molecule has 0 saturated heterocycles. The Kier molecular flexibility index (Phi) is 4.57. The van der Waals surface area contributed by atoms with E-state index < -0.39 is 18.0 Å². The van der Waals surface area contributed by atoms with Crippen LogP contribution in [0.3, 0.4) is 0 Å². The van der Waals surface area contributed by atoms with Crippen molar-refractivity contribution in [2.75, 3.05) is 0 Å². The lowest BCUT2D eigenvalue weighted by Crippen LogP contribution is -2.35. The molecule has 110 valence electrons. The zero-order valence-corrected chi connectivity index (χ0v) is 11.1. The van der Waals surface area contributed by atoms with Crippen molar-refractivity contribution in [3.63, 3.8) is 0 Å². The van der Waals surface area contributed by atoms with Crippen LogP contribution in [-0.2, 0) is 10.2 Å². The van der Waals surface area contributed by atoms with Crippen LogP contribution in [0.2, 0.25) is 0 Å². The molecular formula is C15H18F2O3. The predicted octanol–water partition coefficient (Wildman–Crippen LogP) is 3.96. The molecule has 20 heavy (non-hydrogen) atoms. The van der Waals surface area contributed by atoms with E-state index in [2.05, 4.69) is 4.74 Å². The van der Waals surface area contributed by atoms with Gasteiger partial charge < -0.3 is 9.84 Å². The third-order valence-corrected chi connectivity index (χ3v) is 4.00. The Hall–Kier alpha value is -1.65. The van der Waals surface area contributed by atoms with E-state index in [1.807, 2.05) is 0 Å². The summed E-state index contributed by atoms with van der Waals surface area (Å²) in [7, 11) is 0. The molecule has 0 atom stereocenters. The van der Waals surface area contributed by atoms with E-state index in [1.165, 1.54) is 12.1 Å². The fourth-order valence-electron chi connectivity index (χ4n) is 2.91. The van der Waals surface area contributed by atoms with Crippen molar-refractivity contribution >= 4 is 5.97 Å². The fraction of sp³-hybridized carbons (Fsp3) is 0.533. The highest BCUT2D eigenvalue weighted by molar-refractivity contribution is 5.81. The highest BCUT2D eigenvalue weighted by Gasteiger charge is 2.40. The summed E-state index contributed by atoms with van der Waals surface area (Å²) in [6.45, 7) is -2.87. The summed E-state index contributed by atoms with van der Waals surface area (Å²) in [5.74, 6) is -0.778. The molecule has 1 saturated carbocycles. The molecule has 1 aromatic rings. The maximum atomic E-state index is 12.1. The van der Waals surface area contributed by atoms with Crippen LogP contribution in [0.1, 0.15) is 44.1 Å². The van der Waals surface area contributed by atoms with Crippen LogP contribution < -0.4 is 4.74 Å². The minimum Gasteiger partial charge on any atom is -0.481 e. The molecule has 1 fully saturated rings. The average molecular weight is 284 g/mol. The van der Waals surface area contributed by atoms with Gasteiger partial charge in [-0.3, -0.25) is 4.79 Å². The summed E-state index contributed by atoms with van der Waals surface area (Å²) in [5.41, 5.74) is -0.214. The Morgan fingerprint density at radius 2 is 1.65 bits per heavy atom. The molecule has 0 radical (unpaired) electrons. The summed E-state index contributed by atoms with van der Waals surface area (Å²) < 4.78 is 28.5. The third kappa shape index (κ3) is 3.08. The lowest BCUT2D eigenvalue weighted by Gasteiger charge is -2.28. The van der Waals surface area contributed by atoms with E-state index in [0.717, 1.165) is 25.7 Å². The molecule has 2 rings (SSSR count). The van der Waals surface area contributed by atoms with Gasteiger partial charge in [-0.2, -0.15) is 8.78 Å². The molecule has 0 bridgehead atoms. The molecule has 1 aliphatic rings. The molecule has 0 amide bonds. The molecule has 1 aliphatic carbocycles. The van der Waals surface area contributed by atoms with Gasteiger partial charge in [-0.15, -0.1) is 0 Å². The van der Waals surface area contributed by atoms with Crippen molar-refractivity contribution in [2.45, 2.75) is 50.6 Å². The lowest BCUT2D eigenvalue weighted by atomic mass is 9.74. The van der Waals surface area contributed by atoms with Gasteiger partial charge in [-0.25, -0.2) is 0 Å². The first-order chi connectivity index (χ1) is 9.54. The largest absolute Gasteiger partial charge is 0.481 e. The van der Waals surface area contributed by atoms with Crippen molar-refractivity contribution < 1.29 is 23.4 Å². The quantitative estimate of drug-likeness (QED) is 0.851. The average Bonchev–Trinajstić information content (AvgIpc) is 2.65. The standard InChI is InChI=1S/C15H18F2O3/c16-14(17)20-12-7-5-11(6-8-12)15(13(18)19)9-3-1-2-4-10-15/h5-8,14H,1-4,9-10H2,(H,18,19). The van der Waals surface area contributed by atoms with Crippen LogP contribution in [0, 0.1) is 0 Å². The lowest BCUT2D eigenvalue weighted by molar-refractivity contribution is -0.144. The van der Waals surface area contributed by atoms with Gasteiger partial charge >= 0.3 is 12.6 Å². The normalized spacial score (nSPS) is 18.6. The number of hydrogen-bond acceptors (Lipinski definition) is 2. The number of aliphatic carboxylic acids is 1. The highest BCUT2D eigenvalue weighted by atomic mass is 19.3. The van der Waals surface area contributed by atoms with Gasteiger partial charge in [0.1, 0.15) is 5.75 Å². The zero-order valence-electron chi connectivity index (χ0n) is 11.1. The van der Waals surface area contributed by atoms with Crippen LogP contribution in [-0.4, -0.2) is 17.7 Å². The molecule has 0 heterocycles. The second-order valence-electron chi connectivity index (χ2n) is 5.20. The number of carboxylic acid groups (broad SMARTS) is 1. The van der Waals surface area contributed by atoms with Crippen LogP contribution >= 0.6 is 0 Å².